The van der Waals surface area contributed by atoms with Crippen LogP contribution in [0.5, 0.6) is 0 Å². The highest BCUT2D eigenvalue weighted by Crippen LogP contribution is 2.19. The van der Waals surface area contributed by atoms with Gasteiger partial charge in [0, 0.05) is 44.8 Å². The van der Waals surface area contributed by atoms with E-state index < -0.39 is 0 Å². The Morgan fingerprint density at radius 3 is 2.60 bits per heavy atom. The second-order valence-electron chi connectivity index (χ2n) is 6.45. The Morgan fingerprint density at radius 1 is 1.28 bits per heavy atom. The Bertz CT molecular complexity index is 586. The number of hydrogen-bond acceptors (Lipinski definition) is 5. The molecule has 0 bridgehead atoms. The van der Waals surface area contributed by atoms with E-state index in [4.69, 9.17) is 10.00 Å². The van der Waals surface area contributed by atoms with Crippen LogP contribution in [0.3, 0.4) is 0 Å². The Hall–Kier alpha value is -1.94. The van der Waals surface area contributed by atoms with Gasteiger partial charge in [-0.15, -0.1) is 0 Å². The van der Waals surface area contributed by atoms with Crippen LogP contribution in [0.25, 0.3) is 0 Å². The maximum atomic E-state index is 12.5. The highest BCUT2D eigenvalue weighted by molar-refractivity contribution is 5.93. The molecule has 0 aromatic heterocycles. The minimum atomic E-state index is -0.0303. The topological polar surface area (TPSA) is 68.6 Å². The van der Waals surface area contributed by atoms with Crippen LogP contribution in [-0.4, -0.2) is 68.2 Å². The molecule has 6 nitrogen and oxygen atoms in total. The Kier molecular flexibility index (Phi) is 7.86. The molecule has 1 aromatic rings. The molecule has 6 heteroatoms. The zero-order valence-corrected chi connectivity index (χ0v) is 15.3. The Balaban J connectivity index is 1.88. The van der Waals surface area contributed by atoms with Gasteiger partial charge in [0.2, 0.25) is 5.91 Å². The maximum Gasteiger partial charge on any atom is 0.238 e. The predicted molar refractivity (Wildman–Crippen MR) is 98.5 cm³/mol. The number of rotatable bonds is 8. The monoisotopic (exact) mass is 344 g/mol. The summed E-state index contributed by atoms with van der Waals surface area (Å²) in [5, 5.41) is 11.9. The summed E-state index contributed by atoms with van der Waals surface area (Å²) in [6, 6.07) is 8.15. The van der Waals surface area contributed by atoms with Gasteiger partial charge in [-0.05, 0) is 25.0 Å². The van der Waals surface area contributed by atoms with Crippen molar-refractivity contribution in [2.75, 3.05) is 57.8 Å². The molecule has 136 valence electrons. The highest BCUT2D eigenvalue weighted by atomic mass is 16.5. The first-order chi connectivity index (χ1) is 12.1. The summed E-state index contributed by atoms with van der Waals surface area (Å²) in [6.45, 7) is 9.98. The van der Waals surface area contributed by atoms with Crippen LogP contribution in [0.4, 0.5) is 5.69 Å². The molecular weight excluding hydrogens is 316 g/mol. The summed E-state index contributed by atoms with van der Waals surface area (Å²) < 4.78 is 5.36. The number of carbonyl (C=O) groups is 1. The molecule has 1 amide bonds. The van der Waals surface area contributed by atoms with Gasteiger partial charge in [0.15, 0.2) is 0 Å². The lowest BCUT2D eigenvalue weighted by molar-refractivity contribution is -0.117. The molecule has 1 aliphatic rings. The van der Waals surface area contributed by atoms with Crippen LogP contribution >= 0.6 is 0 Å². The van der Waals surface area contributed by atoms with E-state index >= 15 is 0 Å². The molecule has 0 atom stereocenters. The maximum absolute atomic E-state index is 12.5. The minimum Gasteiger partial charge on any atom is -0.379 e. The van der Waals surface area contributed by atoms with Gasteiger partial charge in [-0.25, -0.2) is 0 Å². The molecule has 1 heterocycles. The number of morpholine rings is 1. The van der Waals surface area contributed by atoms with Crippen molar-refractivity contribution >= 4 is 11.6 Å². The number of anilines is 1. The number of nitrogens with zero attached hydrogens (tertiary/aromatic N) is 3. The van der Waals surface area contributed by atoms with Gasteiger partial charge in [0.1, 0.15) is 0 Å². The summed E-state index contributed by atoms with van der Waals surface area (Å²) in [5.41, 5.74) is 3.01. The van der Waals surface area contributed by atoms with Crippen LogP contribution in [0.1, 0.15) is 17.5 Å². The van der Waals surface area contributed by atoms with E-state index in [9.17, 15) is 4.79 Å². The van der Waals surface area contributed by atoms with Crippen molar-refractivity contribution in [1.82, 2.24) is 9.80 Å². The van der Waals surface area contributed by atoms with E-state index in [0.29, 0.717) is 19.5 Å². The normalized spacial score (nSPS) is 15.1. The molecular formula is C19H28N4O2. The van der Waals surface area contributed by atoms with E-state index in [1.54, 1.807) is 0 Å². The predicted octanol–water partition coefficient (Wildman–Crippen LogP) is 1.79. The van der Waals surface area contributed by atoms with E-state index in [-0.39, 0.29) is 5.91 Å². The van der Waals surface area contributed by atoms with Crippen LogP contribution in [0, 0.1) is 25.2 Å². The standard InChI is InChI=1S/C19H28N4O2/c1-16-5-3-6-17(2)19(16)21-18(24)15-23(8-4-7-20)10-9-22-11-13-25-14-12-22/h3,5-6H,4,8-15H2,1-2H3,(H,21,24). The summed E-state index contributed by atoms with van der Waals surface area (Å²) in [7, 11) is 0. The van der Waals surface area contributed by atoms with Crippen LogP contribution in [0.15, 0.2) is 18.2 Å². The fourth-order valence-corrected chi connectivity index (χ4v) is 2.98. The van der Waals surface area contributed by atoms with Crippen molar-refractivity contribution in [2.45, 2.75) is 20.3 Å². The van der Waals surface area contributed by atoms with Crippen LogP contribution in [-0.2, 0) is 9.53 Å². The number of aryl methyl sites for hydroxylation is 2. The number of hydrogen-bond donors (Lipinski definition) is 1. The number of ether oxygens (including phenoxy) is 1. The third kappa shape index (κ3) is 6.46. The quantitative estimate of drug-likeness (QED) is 0.779. The molecule has 0 saturated carbocycles. The fraction of sp³-hybridized carbons (Fsp3) is 0.579. The highest BCUT2D eigenvalue weighted by Gasteiger charge is 2.15. The minimum absolute atomic E-state index is 0.0303. The molecule has 1 fully saturated rings. The smallest absolute Gasteiger partial charge is 0.238 e. The lowest BCUT2D eigenvalue weighted by Gasteiger charge is -2.29. The van der Waals surface area contributed by atoms with Gasteiger partial charge in [0.25, 0.3) is 0 Å². The lowest BCUT2D eigenvalue weighted by Crippen LogP contribution is -2.43. The molecule has 1 saturated heterocycles. The molecule has 1 N–H and O–H groups in total. The molecule has 0 aliphatic carbocycles. The second-order valence-corrected chi connectivity index (χ2v) is 6.45. The van der Waals surface area contributed by atoms with Crippen molar-refractivity contribution < 1.29 is 9.53 Å². The van der Waals surface area contributed by atoms with E-state index in [2.05, 4.69) is 21.2 Å². The number of amides is 1. The first-order valence-electron chi connectivity index (χ1n) is 8.85. The first kappa shape index (κ1) is 19.4. The van der Waals surface area contributed by atoms with Gasteiger partial charge in [-0.3, -0.25) is 14.6 Å². The van der Waals surface area contributed by atoms with Gasteiger partial charge in [-0.1, -0.05) is 18.2 Å². The van der Waals surface area contributed by atoms with Gasteiger partial charge in [-0.2, -0.15) is 5.26 Å². The molecule has 25 heavy (non-hydrogen) atoms. The molecule has 0 spiro atoms. The summed E-state index contributed by atoms with van der Waals surface area (Å²) >= 11 is 0. The summed E-state index contributed by atoms with van der Waals surface area (Å²) in [5.74, 6) is -0.0303. The van der Waals surface area contributed by atoms with E-state index in [1.165, 1.54) is 0 Å². The number of carbonyl (C=O) groups excluding carboxylic acids is 1. The van der Waals surface area contributed by atoms with Crippen molar-refractivity contribution in [3.63, 3.8) is 0 Å². The van der Waals surface area contributed by atoms with Crippen LogP contribution < -0.4 is 5.32 Å². The largest absolute Gasteiger partial charge is 0.379 e. The SMILES string of the molecule is Cc1cccc(C)c1NC(=O)CN(CCC#N)CCN1CCOCC1. The molecule has 1 aromatic carbocycles. The summed E-state index contributed by atoms with van der Waals surface area (Å²) in [6.07, 6.45) is 0.430. The zero-order chi connectivity index (χ0) is 18.1. The van der Waals surface area contributed by atoms with Gasteiger partial charge >= 0.3 is 0 Å². The van der Waals surface area contributed by atoms with Gasteiger partial charge < -0.3 is 10.1 Å². The average molecular weight is 344 g/mol. The molecule has 0 radical (unpaired) electrons. The van der Waals surface area contributed by atoms with Crippen molar-refractivity contribution in [2.24, 2.45) is 0 Å². The number of nitriles is 1. The molecule has 2 rings (SSSR count). The Labute approximate surface area is 150 Å². The summed E-state index contributed by atoms with van der Waals surface area (Å²) in [4.78, 5) is 16.9. The fourth-order valence-electron chi connectivity index (χ4n) is 2.98. The third-order valence-electron chi connectivity index (χ3n) is 4.49. The molecule has 1 aliphatic heterocycles. The van der Waals surface area contributed by atoms with Crippen molar-refractivity contribution in [3.05, 3.63) is 29.3 Å². The molecule has 0 unspecified atom stereocenters. The first-order valence-corrected chi connectivity index (χ1v) is 8.85. The van der Waals surface area contributed by atoms with Crippen LogP contribution in [0.2, 0.25) is 0 Å². The Morgan fingerprint density at radius 2 is 1.96 bits per heavy atom. The zero-order valence-electron chi connectivity index (χ0n) is 15.3. The van der Waals surface area contributed by atoms with E-state index in [1.807, 2.05) is 32.0 Å². The van der Waals surface area contributed by atoms with E-state index in [0.717, 1.165) is 56.2 Å². The number of nitrogens with one attached hydrogen (secondary N) is 1. The van der Waals surface area contributed by atoms with Crippen molar-refractivity contribution in [1.29, 1.82) is 5.26 Å². The van der Waals surface area contributed by atoms with Crippen molar-refractivity contribution in [3.8, 4) is 6.07 Å². The average Bonchev–Trinajstić information content (AvgIpc) is 2.61. The second kappa shape index (κ2) is 10.1. The number of benzene rings is 1. The lowest BCUT2D eigenvalue weighted by atomic mass is 10.1. The van der Waals surface area contributed by atoms with Gasteiger partial charge in [0.05, 0.1) is 25.8 Å². The number of para-hydroxylation sites is 1. The third-order valence-corrected chi connectivity index (χ3v) is 4.49.